The quantitative estimate of drug-likeness (QED) is 0.726. The van der Waals surface area contributed by atoms with Crippen LogP contribution in [0.3, 0.4) is 0 Å². The van der Waals surface area contributed by atoms with E-state index in [1.807, 2.05) is 43.3 Å². The predicted molar refractivity (Wildman–Crippen MR) is 92.5 cm³/mol. The van der Waals surface area contributed by atoms with Crippen LogP contribution in [0, 0.1) is 6.92 Å². The van der Waals surface area contributed by atoms with Crippen LogP contribution in [0.15, 0.2) is 60.7 Å². The molecule has 1 amide bonds. The van der Waals surface area contributed by atoms with E-state index in [1.165, 1.54) is 0 Å². The second kappa shape index (κ2) is 6.26. The molecule has 4 nitrogen and oxygen atoms in total. The van der Waals surface area contributed by atoms with Gasteiger partial charge >= 0.3 is 0 Å². The summed E-state index contributed by atoms with van der Waals surface area (Å²) in [5, 5.41) is 4.93. The fourth-order valence-corrected chi connectivity index (χ4v) is 2.62. The molecule has 0 spiro atoms. The number of carbonyl (C=O) groups excluding carboxylic acids is 1. The van der Waals surface area contributed by atoms with E-state index in [1.54, 1.807) is 40.9 Å². The number of aryl methyl sites for hydroxylation is 1. The third-order valence-electron chi connectivity index (χ3n) is 3.57. The van der Waals surface area contributed by atoms with Crippen molar-refractivity contribution in [1.82, 2.24) is 9.78 Å². The number of amides is 1. The monoisotopic (exact) mass is 325 g/mol. The van der Waals surface area contributed by atoms with Gasteiger partial charge in [0.25, 0.3) is 5.91 Å². The Hall–Kier alpha value is -2.59. The van der Waals surface area contributed by atoms with Gasteiger partial charge in [0, 0.05) is 13.1 Å². The molecule has 0 saturated heterocycles. The maximum absolute atomic E-state index is 12.8. The highest BCUT2D eigenvalue weighted by Gasteiger charge is 2.20. The normalized spacial score (nSPS) is 10.6. The molecule has 0 aliphatic rings. The zero-order chi connectivity index (χ0) is 16.4. The molecule has 0 N–H and O–H groups in total. The molecule has 0 fully saturated rings. The summed E-state index contributed by atoms with van der Waals surface area (Å²) >= 11 is 6.14. The molecule has 2 aromatic carbocycles. The summed E-state index contributed by atoms with van der Waals surface area (Å²) in [4.78, 5) is 14.3. The van der Waals surface area contributed by atoms with Crippen LogP contribution in [-0.4, -0.2) is 22.7 Å². The number of carbonyl (C=O) groups is 1. The zero-order valence-corrected chi connectivity index (χ0v) is 13.7. The molecule has 3 rings (SSSR count). The van der Waals surface area contributed by atoms with Gasteiger partial charge in [-0.25, -0.2) is 4.68 Å². The highest BCUT2D eigenvalue weighted by Crippen LogP contribution is 2.24. The van der Waals surface area contributed by atoms with Crippen molar-refractivity contribution in [2.24, 2.45) is 0 Å². The molecule has 0 atom stereocenters. The fraction of sp³-hybridized carbons (Fsp3) is 0.111. The van der Waals surface area contributed by atoms with Crippen molar-refractivity contribution in [3.63, 3.8) is 0 Å². The Morgan fingerprint density at radius 1 is 1.09 bits per heavy atom. The van der Waals surface area contributed by atoms with Crippen LogP contribution < -0.4 is 4.90 Å². The number of anilines is 1. The van der Waals surface area contributed by atoms with Gasteiger partial charge in [0.2, 0.25) is 0 Å². The minimum Gasteiger partial charge on any atom is -0.296 e. The highest BCUT2D eigenvalue weighted by atomic mass is 35.5. The van der Waals surface area contributed by atoms with Crippen molar-refractivity contribution in [2.75, 3.05) is 11.9 Å². The van der Waals surface area contributed by atoms with Crippen molar-refractivity contribution in [3.8, 4) is 5.69 Å². The van der Waals surface area contributed by atoms with Crippen molar-refractivity contribution >= 4 is 23.3 Å². The Bertz CT molecular complexity index is 842. The molecule has 23 heavy (non-hydrogen) atoms. The number of rotatable bonds is 3. The average Bonchev–Trinajstić information content (AvgIpc) is 2.96. The van der Waals surface area contributed by atoms with Crippen molar-refractivity contribution in [1.29, 1.82) is 0 Å². The summed E-state index contributed by atoms with van der Waals surface area (Å²) in [5.41, 5.74) is 2.20. The Balaban J connectivity index is 2.02. The van der Waals surface area contributed by atoms with Crippen LogP contribution in [0.1, 0.15) is 16.1 Å². The van der Waals surface area contributed by atoms with Crippen LogP contribution in [-0.2, 0) is 0 Å². The smallest absolute Gasteiger partial charge is 0.260 e. The van der Waals surface area contributed by atoms with Crippen LogP contribution in [0.25, 0.3) is 5.69 Å². The number of aromatic nitrogens is 2. The number of hydrogen-bond acceptors (Lipinski definition) is 2. The van der Waals surface area contributed by atoms with Crippen LogP contribution in [0.2, 0.25) is 5.02 Å². The van der Waals surface area contributed by atoms with Gasteiger partial charge in [-0.2, -0.15) is 5.10 Å². The summed E-state index contributed by atoms with van der Waals surface area (Å²) < 4.78 is 1.75. The fourth-order valence-electron chi connectivity index (χ4n) is 2.40. The molecule has 1 aromatic heterocycles. The van der Waals surface area contributed by atoms with E-state index in [4.69, 9.17) is 11.6 Å². The van der Waals surface area contributed by atoms with Gasteiger partial charge in [0.1, 0.15) is 5.82 Å². The largest absolute Gasteiger partial charge is 0.296 e. The second-order valence-electron chi connectivity index (χ2n) is 5.24. The highest BCUT2D eigenvalue weighted by molar-refractivity contribution is 6.34. The minimum absolute atomic E-state index is 0.173. The standard InChI is InChI=1S/C18H16ClN3O/c1-13-12-17(22(20-13)14-8-4-3-5-9-14)21(2)18(23)15-10-6-7-11-16(15)19/h3-12H,1-2H3. The first-order chi connectivity index (χ1) is 11.1. The SMILES string of the molecule is Cc1cc(N(C)C(=O)c2ccccc2Cl)n(-c2ccccc2)n1. The topological polar surface area (TPSA) is 38.1 Å². The molecule has 5 heteroatoms. The number of hydrogen-bond donors (Lipinski definition) is 0. The first-order valence-corrected chi connectivity index (χ1v) is 7.60. The van der Waals surface area contributed by atoms with E-state index in [-0.39, 0.29) is 5.91 Å². The van der Waals surface area contributed by atoms with E-state index in [9.17, 15) is 4.79 Å². The molecular formula is C18H16ClN3O. The molecule has 3 aromatic rings. The molecular weight excluding hydrogens is 310 g/mol. The van der Waals surface area contributed by atoms with Crippen LogP contribution >= 0.6 is 11.6 Å². The third kappa shape index (κ3) is 2.98. The Morgan fingerprint density at radius 2 is 1.74 bits per heavy atom. The molecule has 0 aliphatic carbocycles. The molecule has 0 radical (unpaired) electrons. The average molecular weight is 326 g/mol. The minimum atomic E-state index is -0.173. The van der Waals surface area contributed by atoms with Gasteiger partial charge in [-0.1, -0.05) is 41.9 Å². The molecule has 116 valence electrons. The maximum Gasteiger partial charge on any atom is 0.260 e. The first kappa shape index (κ1) is 15.3. The number of benzene rings is 2. The van der Waals surface area contributed by atoms with Gasteiger partial charge in [-0.05, 0) is 31.2 Å². The lowest BCUT2D eigenvalue weighted by molar-refractivity contribution is 0.0992. The van der Waals surface area contributed by atoms with Gasteiger partial charge in [-0.15, -0.1) is 0 Å². The number of nitrogens with zero attached hydrogens (tertiary/aromatic N) is 3. The lowest BCUT2D eigenvalue weighted by Gasteiger charge is -2.19. The second-order valence-corrected chi connectivity index (χ2v) is 5.64. The summed E-state index contributed by atoms with van der Waals surface area (Å²) in [5.74, 6) is 0.520. The lowest BCUT2D eigenvalue weighted by atomic mass is 10.2. The van der Waals surface area contributed by atoms with Crippen LogP contribution in [0.5, 0.6) is 0 Å². The predicted octanol–water partition coefficient (Wildman–Crippen LogP) is 4.11. The maximum atomic E-state index is 12.8. The zero-order valence-electron chi connectivity index (χ0n) is 12.9. The van der Waals surface area contributed by atoms with E-state index >= 15 is 0 Å². The van der Waals surface area contributed by atoms with Crippen LogP contribution in [0.4, 0.5) is 5.82 Å². The summed E-state index contributed by atoms with van der Waals surface area (Å²) in [7, 11) is 1.72. The van der Waals surface area contributed by atoms with Gasteiger partial charge in [-0.3, -0.25) is 9.69 Å². The van der Waals surface area contributed by atoms with Gasteiger partial charge in [0.05, 0.1) is 22.0 Å². The number of para-hydroxylation sites is 1. The summed E-state index contributed by atoms with van der Waals surface area (Å²) in [6, 6.07) is 18.6. The first-order valence-electron chi connectivity index (χ1n) is 7.22. The van der Waals surface area contributed by atoms with E-state index in [0.29, 0.717) is 16.4 Å². The number of halogens is 1. The van der Waals surface area contributed by atoms with Gasteiger partial charge < -0.3 is 0 Å². The third-order valence-corrected chi connectivity index (χ3v) is 3.90. The molecule has 0 bridgehead atoms. The molecule has 0 saturated carbocycles. The van der Waals surface area contributed by atoms with Crippen molar-refractivity contribution < 1.29 is 4.79 Å². The Kier molecular flexibility index (Phi) is 4.17. The summed E-state index contributed by atoms with van der Waals surface area (Å²) in [6.07, 6.45) is 0. The summed E-state index contributed by atoms with van der Waals surface area (Å²) in [6.45, 7) is 1.90. The van der Waals surface area contributed by atoms with E-state index in [0.717, 1.165) is 11.4 Å². The van der Waals surface area contributed by atoms with Gasteiger partial charge in [0.15, 0.2) is 0 Å². The lowest BCUT2D eigenvalue weighted by Crippen LogP contribution is -2.28. The molecule has 1 heterocycles. The van der Waals surface area contributed by atoms with Crippen molar-refractivity contribution in [2.45, 2.75) is 6.92 Å². The van der Waals surface area contributed by atoms with E-state index < -0.39 is 0 Å². The Labute approximate surface area is 139 Å². The van der Waals surface area contributed by atoms with E-state index in [2.05, 4.69) is 5.10 Å². The molecule has 0 unspecified atom stereocenters. The van der Waals surface area contributed by atoms with Crippen molar-refractivity contribution in [3.05, 3.63) is 76.9 Å². The molecule has 0 aliphatic heterocycles. The Morgan fingerprint density at radius 3 is 2.43 bits per heavy atom.